The average molecular weight is 465 g/mol. The molecule has 0 saturated carbocycles. The van der Waals surface area contributed by atoms with Crippen molar-refractivity contribution in [3.8, 4) is 0 Å². The second-order valence-corrected chi connectivity index (χ2v) is 9.23. The second-order valence-electron chi connectivity index (χ2n) is 8.79. The molecule has 0 aliphatic heterocycles. The highest BCUT2D eigenvalue weighted by Gasteiger charge is 2.10. The number of anilines is 2. The van der Waals surface area contributed by atoms with E-state index in [1.165, 1.54) is 12.1 Å². The molecule has 0 aliphatic carbocycles. The molecule has 0 bridgehead atoms. The van der Waals surface area contributed by atoms with Crippen molar-refractivity contribution in [3.05, 3.63) is 64.8 Å². The number of aromatic nitrogens is 1. The van der Waals surface area contributed by atoms with Crippen LogP contribution in [0.15, 0.2) is 48.5 Å². The normalized spacial score (nSPS) is 12.6. The van der Waals surface area contributed by atoms with Gasteiger partial charge in [0.25, 0.3) is 0 Å². The van der Waals surface area contributed by atoms with E-state index >= 15 is 0 Å². The number of hydrogen-bond acceptors (Lipinski definition) is 4. The van der Waals surface area contributed by atoms with Crippen LogP contribution in [0.2, 0.25) is 5.02 Å². The standard InChI is InChI=1S/C28H37ClN4/c1-6-33(7-2)18-8-9-21(3)30-28-19-24(15-12-22-10-13-23(29)14-11-22)31-27-17-16-25(32(4)5)20-26(27)28/h10-17,19-21H,6-9,18H2,1-5H3,(H,30,31)/b15-12+. The molecule has 1 heterocycles. The second kappa shape index (κ2) is 12.1. The monoisotopic (exact) mass is 464 g/mol. The van der Waals surface area contributed by atoms with Gasteiger partial charge >= 0.3 is 0 Å². The van der Waals surface area contributed by atoms with Crippen molar-refractivity contribution in [2.24, 2.45) is 0 Å². The lowest BCUT2D eigenvalue weighted by atomic mass is 10.1. The van der Waals surface area contributed by atoms with E-state index in [4.69, 9.17) is 16.6 Å². The molecule has 4 nitrogen and oxygen atoms in total. The molecular weight excluding hydrogens is 428 g/mol. The number of benzene rings is 2. The number of pyridine rings is 1. The van der Waals surface area contributed by atoms with Crippen molar-refractivity contribution in [1.82, 2.24) is 9.88 Å². The Bertz CT molecular complexity index is 1060. The summed E-state index contributed by atoms with van der Waals surface area (Å²) < 4.78 is 0. The first-order valence-electron chi connectivity index (χ1n) is 11.9. The molecule has 176 valence electrons. The summed E-state index contributed by atoms with van der Waals surface area (Å²) in [7, 11) is 4.14. The van der Waals surface area contributed by atoms with Gasteiger partial charge in [0.15, 0.2) is 0 Å². The van der Waals surface area contributed by atoms with Crippen LogP contribution in [0.3, 0.4) is 0 Å². The average Bonchev–Trinajstić information content (AvgIpc) is 2.81. The minimum absolute atomic E-state index is 0.377. The van der Waals surface area contributed by atoms with Crippen LogP contribution in [-0.4, -0.2) is 49.7 Å². The fourth-order valence-corrected chi connectivity index (χ4v) is 4.10. The molecule has 3 aromatic rings. The van der Waals surface area contributed by atoms with Gasteiger partial charge in [-0.15, -0.1) is 0 Å². The summed E-state index contributed by atoms with van der Waals surface area (Å²) in [6.07, 6.45) is 6.46. The molecule has 1 N–H and O–H groups in total. The van der Waals surface area contributed by atoms with E-state index in [0.29, 0.717) is 6.04 Å². The maximum absolute atomic E-state index is 6.02. The van der Waals surface area contributed by atoms with Gasteiger partial charge < -0.3 is 15.1 Å². The molecule has 0 saturated heterocycles. The molecule has 0 radical (unpaired) electrons. The van der Waals surface area contributed by atoms with E-state index < -0.39 is 0 Å². The van der Waals surface area contributed by atoms with Crippen LogP contribution in [0.5, 0.6) is 0 Å². The smallest absolute Gasteiger partial charge is 0.0731 e. The fraction of sp³-hybridized carbons (Fsp3) is 0.393. The van der Waals surface area contributed by atoms with Crippen LogP contribution in [-0.2, 0) is 0 Å². The first kappa shape index (κ1) is 25.1. The minimum Gasteiger partial charge on any atom is -0.382 e. The summed E-state index contributed by atoms with van der Waals surface area (Å²) >= 11 is 6.02. The number of fused-ring (bicyclic) bond motifs is 1. The summed E-state index contributed by atoms with van der Waals surface area (Å²) in [5.74, 6) is 0. The van der Waals surface area contributed by atoms with E-state index in [9.17, 15) is 0 Å². The Hall–Kier alpha value is -2.56. The highest BCUT2D eigenvalue weighted by Crippen LogP contribution is 2.29. The Morgan fingerprint density at radius 1 is 1.00 bits per heavy atom. The minimum atomic E-state index is 0.377. The molecule has 1 aromatic heterocycles. The van der Waals surface area contributed by atoms with Gasteiger partial charge in [-0.05, 0) is 87.4 Å². The van der Waals surface area contributed by atoms with Gasteiger partial charge in [-0.2, -0.15) is 0 Å². The molecule has 0 aliphatic rings. The Kier molecular flexibility index (Phi) is 9.16. The summed E-state index contributed by atoms with van der Waals surface area (Å²) in [6, 6.07) is 16.8. The van der Waals surface area contributed by atoms with Crippen LogP contribution in [0.25, 0.3) is 23.1 Å². The van der Waals surface area contributed by atoms with Gasteiger partial charge in [0.1, 0.15) is 0 Å². The number of hydrogen-bond donors (Lipinski definition) is 1. The topological polar surface area (TPSA) is 31.4 Å². The van der Waals surface area contributed by atoms with Crippen molar-refractivity contribution in [2.45, 2.75) is 39.7 Å². The summed E-state index contributed by atoms with van der Waals surface area (Å²) in [6.45, 7) is 10.1. The first-order valence-corrected chi connectivity index (χ1v) is 12.3. The molecular formula is C28H37ClN4. The highest BCUT2D eigenvalue weighted by molar-refractivity contribution is 6.30. The van der Waals surface area contributed by atoms with Crippen LogP contribution in [0.1, 0.15) is 44.9 Å². The lowest BCUT2D eigenvalue weighted by molar-refractivity contribution is 0.295. The van der Waals surface area contributed by atoms with Crippen molar-refractivity contribution < 1.29 is 0 Å². The largest absolute Gasteiger partial charge is 0.382 e. The van der Waals surface area contributed by atoms with E-state index in [1.807, 2.05) is 24.3 Å². The summed E-state index contributed by atoms with van der Waals surface area (Å²) in [5, 5.41) is 5.68. The zero-order valence-electron chi connectivity index (χ0n) is 20.6. The Morgan fingerprint density at radius 3 is 2.39 bits per heavy atom. The predicted molar refractivity (Wildman–Crippen MR) is 147 cm³/mol. The van der Waals surface area contributed by atoms with Gasteiger partial charge in [0.05, 0.1) is 11.2 Å². The number of nitrogens with zero attached hydrogens (tertiary/aromatic N) is 3. The van der Waals surface area contributed by atoms with E-state index in [2.05, 4.69) is 86.4 Å². The Balaban J connectivity index is 1.85. The zero-order valence-corrected chi connectivity index (χ0v) is 21.4. The van der Waals surface area contributed by atoms with E-state index in [-0.39, 0.29) is 0 Å². The van der Waals surface area contributed by atoms with Gasteiger partial charge in [0, 0.05) is 41.9 Å². The van der Waals surface area contributed by atoms with Gasteiger partial charge in [-0.3, -0.25) is 0 Å². The summed E-state index contributed by atoms with van der Waals surface area (Å²) in [4.78, 5) is 9.52. The zero-order chi connectivity index (χ0) is 23.8. The van der Waals surface area contributed by atoms with E-state index in [0.717, 1.165) is 58.9 Å². The summed E-state index contributed by atoms with van der Waals surface area (Å²) in [5.41, 5.74) is 5.34. The lowest BCUT2D eigenvalue weighted by Gasteiger charge is -2.21. The lowest BCUT2D eigenvalue weighted by Crippen LogP contribution is -2.25. The number of halogens is 1. The van der Waals surface area contributed by atoms with Gasteiger partial charge in [-0.25, -0.2) is 4.98 Å². The van der Waals surface area contributed by atoms with Crippen LogP contribution in [0, 0.1) is 0 Å². The highest BCUT2D eigenvalue weighted by atomic mass is 35.5. The molecule has 0 amide bonds. The number of nitrogens with one attached hydrogen (secondary N) is 1. The van der Waals surface area contributed by atoms with E-state index in [1.54, 1.807) is 0 Å². The quantitative estimate of drug-likeness (QED) is 0.329. The maximum Gasteiger partial charge on any atom is 0.0731 e. The van der Waals surface area contributed by atoms with Gasteiger partial charge in [0.2, 0.25) is 0 Å². The van der Waals surface area contributed by atoms with Crippen LogP contribution >= 0.6 is 11.6 Å². The molecule has 0 spiro atoms. The third kappa shape index (κ3) is 7.21. The van der Waals surface area contributed by atoms with Crippen LogP contribution in [0.4, 0.5) is 11.4 Å². The molecule has 33 heavy (non-hydrogen) atoms. The fourth-order valence-electron chi connectivity index (χ4n) is 3.97. The number of rotatable bonds is 11. The third-order valence-corrected chi connectivity index (χ3v) is 6.30. The SMILES string of the molecule is CCN(CC)CCCC(C)Nc1cc(/C=C/c2ccc(Cl)cc2)nc2ccc(N(C)C)cc12. The molecule has 1 unspecified atom stereocenters. The molecule has 1 atom stereocenters. The maximum atomic E-state index is 6.02. The third-order valence-electron chi connectivity index (χ3n) is 6.05. The van der Waals surface area contributed by atoms with Crippen LogP contribution < -0.4 is 10.2 Å². The predicted octanol–water partition coefficient (Wildman–Crippen LogP) is 7.05. The first-order chi connectivity index (χ1) is 15.9. The van der Waals surface area contributed by atoms with Crippen molar-refractivity contribution in [2.75, 3.05) is 43.9 Å². The molecule has 2 aromatic carbocycles. The Morgan fingerprint density at radius 2 is 1.73 bits per heavy atom. The van der Waals surface area contributed by atoms with Crippen molar-refractivity contribution >= 4 is 46.0 Å². The van der Waals surface area contributed by atoms with Crippen molar-refractivity contribution in [1.29, 1.82) is 0 Å². The van der Waals surface area contributed by atoms with Gasteiger partial charge in [-0.1, -0.05) is 43.7 Å². The molecule has 0 fully saturated rings. The van der Waals surface area contributed by atoms with Crippen molar-refractivity contribution in [3.63, 3.8) is 0 Å². The molecule has 3 rings (SSSR count). The molecule has 5 heteroatoms. The Labute approximate surface area is 204 Å².